The standard InChI is InChI=1S/C18H21N3O3.2ClH/c1-12-5-6-20-17(9-12)24-15-10-14(4-3-13(15)2)21-18(22)16-11-19-7-8-23-16;;/h3-6,9-10,16,19H,7-8,11H2,1-2H3,(H,21,22);2*1H. The molecule has 0 saturated carbocycles. The normalized spacial score (nSPS) is 16.0. The van der Waals surface area contributed by atoms with Crippen LogP contribution in [0.4, 0.5) is 5.69 Å². The molecule has 3 rings (SSSR count). The molecule has 1 aromatic heterocycles. The van der Waals surface area contributed by atoms with E-state index in [4.69, 9.17) is 9.47 Å². The largest absolute Gasteiger partial charge is 0.439 e. The molecule has 0 spiro atoms. The molecule has 1 saturated heterocycles. The number of anilines is 1. The van der Waals surface area contributed by atoms with Crippen LogP contribution in [0, 0.1) is 13.8 Å². The van der Waals surface area contributed by atoms with Gasteiger partial charge in [-0.2, -0.15) is 0 Å². The van der Waals surface area contributed by atoms with Crippen molar-refractivity contribution in [3.05, 3.63) is 47.7 Å². The third-order valence-electron chi connectivity index (χ3n) is 3.78. The molecular weight excluding hydrogens is 377 g/mol. The maximum absolute atomic E-state index is 12.2. The van der Waals surface area contributed by atoms with Gasteiger partial charge in [0.1, 0.15) is 11.9 Å². The fourth-order valence-electron chi connectivity index (χ4n) is 2.42. The Labute approximate surface area is 165 Å². The number of morpholine rings is 1. The molecule has 1 aromatic carbocycles. The Hall–Kier alpha value is -1.86. The fourth-order valence-corrected chi connectivity index (χ4v) is 2.42. The van der Waals surface area contributed by atoms with E-state index in [0.717, 1.165) is 17.7 Å². The first kappa shape index (κ1) is 22.2. The van der Waals surface area contributed by atoms with Gasteiger partial charge in [0.25, 0.3) is 5.91 Å². The smallest absolute Gasteiger partial charge is 0.254 e. The molecule has 0 bridgehead atoms. The van der Waals surface area contributed by atoms with Crippen molar-refractivity contribution < 1.29 is 14.3 Å². The second kappa shape index (κ2) is 10.3. The van der Waals surface area contributed by atoms with Crippen LogP contribution in [0.2, 0.25) is 0 Å². The van der Waals surface area contributed by atoms with E-state index in [1.54, 1.807) is 12.3 Å². The Morgan fingerprint density at radius 1 is 1.27 bits per heavy atom. The zero-order valence-corrected chi connectivity index (χ0v) is 16.3. The average molecular weight is 400 g/mol. The maximum Gasteiger partial charge on any atom is 0.254 e. The lowest BCUT2D eigenvalue weighted by molar-refractivity contribution is -0.128. The first-order valence-electron chi connectivity index (χ1n) is 7.96. The van der Waals surface area contributed by atoms with Gasteiger partial charge in [-0.05, 0) is 37.1 Å². The number of carbonyl (C=O) groups excluding carboxylic acids is 1. The van der Waals surface area contributed by atoms with Crippen molar-refractivity contribution in [2.75, 3.05) is 25.0 Å². The molecule has 0 aliphatic carbocycles. The second-order valence-corrected chi connectivity index (χ2v) is 5.81. The maximum atomic E-state index is 12.2. The van der Waals surface area contributed by atoms with Crippen LogP contribution in [-0.2, 0) is 9.53 Å². The van der Waals surface area contributed by atoms with Crippen molar-refractivity contribution in [3.8, 4) is 11.6 Å². The summed E-state index contributed by atoms with van der Waals surface area (Å²) in [5.41, 5.74) is 2.71. The van der Waals surface area contributed by atoms with Crippen LogP contribution in [0.1, 0.15) is 11.1 Å². The molecule has 1 aliphatic rings. The number of aryl methyl sites for hydroxylation is 2. The predicted octanol–water partition coefficient (Wildman–Crippen LogP) is 3.26. The number of nitrogens with zero attached hydrogens (tertiary/aromatic N) is 1. The van der Waals surface area contributed by atoms with Crippen molar-refractivity contribution in [2.24, 2.45) is 0 Å². The molecule has 0 radical (unpaired) electrons. The van der Waals surface area contributed by atoms with Crippen LogP contribution in [0.25, 0.3) is 0 Å². The number of hydrogen-bond donors (Lipinski definition) is 2. The number of rotatable bonds is 4. The van der Waals surface area contributed by atoms with E-state index in [1.165, 1.54) is 0 Å². The summed E-state index contributed by atoms with van der Waals surface area (Å²) in [5.74, 6) is 1.03. The fraction of sp³-hybridized carbons (Fsp3) is 0.333. The third-order valence-corrected chi connectivity index (χ3v) is 3.78. The second-order valence-electron chi connectivity index (χ2n) is 5.81. The van der Waals surface area contributed by atoms with Crippen LogP contribution in [0.15, 0.2) is 36.5 Å². The molecule has 26 heavy (non-hydrogen) atoms. The van der Waals surface area contributed by atoms with E-state index >= 15 is 0 Å². The number of pyridine rings is 1. The van der Waals surface area contributed by atoms with Gasteiger partial charge in [0.05, 0.1) is 6.61 Å². The van der Waals surface area contributed by atoms with E-state index in [-0.39, 0.29) is 30.7 Å². The lowest BCUT2D eigenvalue weighted by atomic mass is 10.2. The van der Waals surface area contributed by atoms with Crippen LogP contribution in [0.3, 0.4) is 0 Å². The molecule has 6 nitrogen and oxygen atoms in total. The van der Waals surface area contributed by atoms with Gasteiger partial charge in [-0.3, -0.25) is 4.79 Å². The van der Waals surface area contributed by atoms with E-state index in [9.17, 15) is 4.79 Å². The lowest BCUT2D eigenvalue weighted by Gasteiger charge is -2.22. The summed E-state index contributed by atoms with van der Waals surface area (Å²) < 4.78 is 11.3. The molecule has 1 fully saturated rings. The highest BCUT2D eigenvalue weighted by molar-refractivity contribution is 5.94. The molecule has 8 heteroatoms. The molecule has 2 heterocycles. The summed E-state index contributed by atoms with van der Waals surface area (Å²) in [6.07, 6.45) is 1.24. The predicted molar refractivity (Wildman–Crippen MR) is 106 cm³/mol. The SMILES string of the molecule is Cc1ccnc(Oc2cc(NC(=O)C3CNCCO3)ccc2C)c1.Cl.Cl. The Bertz CT molecular complexity index is 737. The monoisotopic (exact) mass is 399 g/mol. The highest BCUT2D eigenvalue weighted by atomic mass is 35.5. The minimum atomic E-state index is -0.470. The number of ether oxygens (including phenoxy) is 2. The lowest BCUT2D eigenvalue weighted by Crippen LogP contribution is -2.45. The zero-order chi connectivity index (χ0) is 16.9. The quantitative estimate of drug-likeness (QED) is 0.825. The average Bonchev–Trinajstić information content (AvgIpc) is 2.59. The molecule has 1 amide bonds. The number of nitrogens with one attached hydrogen (secondary N) is 2. The molecular formula is C18H23Cl2N3O3. The van der Waals surface area contributed by atoms with E-state index in [2.05, 4.69) is 15.6 Å². The van der Waals surface area contributed by atoms with E-state index < -0.39 is 6.10 Å². The van der Waals surface area contributed by atoms with Gasteiger partial charge in [-0.15, -0.1) is 24.8 Å². The molecule has 2 aromatic rings. The molecule has 1 aliphatic heterocycles. The number of carbonyl (C=O) groups is 1. The van der Waals surface area contributed by atoms with Gasteiger partial charge in [-0.1, -0.05) is 6.07 Å². The van der Waals surface area contributed by atoms with Gasteiger partial charge in [0.2, 0.25) is 5.88 Å². The van der Waals surface area contributed by atoms with Gasteiger partial charge in [0, 0.05) is 37.1 Å². The first-order valence-corrected chi connectivity index (χ1v) is 7.96. The van der Waals surface area contributed by atoms with E-state index in [1.807, 2.05) is 38.1 Å². The number of aromatic nitrogens is 1. The topological polar surface area (TPSA) is 72.5 Å². The third kappa shape index (κ3) is 5.85. The van der Waals surface area contributed by atoms with Crippen molar-refractivity contribution in [2.45, 2.75) is 20.0 Å². The minimum absolute atomic E-state index is 0. The number of halogens is 2. The first-order chi connectivity index (χ1) is 11.6. The summed E-state index contributed by atoms with van der Waals surface area (Å²) in [6, 6.07) is 9.33. The molecule has 142 valence electrons. The van der Waals surface area contributed by atoms with Gasteiger partial charge < -0.3 is 20.1 Å². The zero-order valence-electron chi connectivity index (χ0n) is 14.7. The summed E-state index contributed by atoms with van der Waals surface area (Å²) in [7, 11) is 0. The van der Waals surface area contributed by atoms with Crippen LogP contribution in [-0.4, -0.2) is 36.7 Å². The summed E-state index contributed by atoms with van der Waals surface area (Å²) >= 11 is 0. The summed E-state index contributed by atoms with van der Waals surface area (Å²) in [5, 5.41) is 6.01. The van der Waals surface area contributed by atoms with Crippen molar-refractivity contribution in [1.29, 1.82) is 0 Å². The van der Waals surface area contributed by atoms with Crippen LogP contribution >= 0.6 is 24.8 Å². The van der Waals surface area contributed by atoms with Crippen LogP contribution < -0.4 is 15.4 Å². The number of hydrogen-bond acceptors (Lipinski definition) is 5. The molecule has 1 unspecified atom stereocenters. The highest BCUT2D eigenvalue weighted by Gasteiger charge is 2.21. The van der Waals surface area contributed by atoms with Crippen molar-refractivity contribution >= 4 is 36.4 Å². The van der Waals surface area contributed by atoms with Crippen LogP contribution in [0.5, 0.6) is 11.6 Å². The van der Waals surface area contributed by atoms with Gasteiger partial charge >= 0.3 is 0 Å². The number of amides is 1. The van der Waals surface area contributed by atoms with Crippen molar-refractivity contribution in [3.63, 3.8) is 0 Å². The Morgan fingerprint density at radius 3 is 2.77 bits per heavy atom. The van der Waals surface area contributed by atoms with E-state index in [0.29, 0.717) is 30.5 Å². The summed E-state index contributed by atoms with van der Waals surface area (Å²) in [6.45, 7) is 5.77. The Balaban J connectivity index is 0.00000169. The molecule has 1 atom stereocenters. The number of benzene rings is 1. The Morgan fingerprint density at radius 2 is 2.08 bits per heavy atom. The Kier molecular flexibility index (Phi) is 8.81. The summed E-state index contributed by atoms with van der Waals surface area (Å²) in [4.78, 5) is 16.4. The highest BCUT2D eigenvalue weighted by Crippen LogP contribution is 2.27. The van der Waals surface area contributed by atoms with Gasteiger partial charge in [-0.25, -0.2) is 4.98 Å². The molecule has 2 N–H and O–H groups in total. The van der Waals surface area contributed by atoms with Gasteiger partial charge in [0.15, 0.2) is 0 Å². The van der Waals surface area contributed by atoms with Crippen molar-refractivity contribution in [1.82, 2.24) is 10.3 Å². The minimum Gasteiger partial charge on any atom is -0.439 e.